The Kier molecular flexibility index (Phi) is 3.51. The third-order valence-corrected chi connectivity index (χ3v) is 2.39. The molecule has 0 aliphatic carbocycles. The predicted molar refractivity (Wildman–Crippen MR) is 60.2 cm³/mol. The van der Waals surface area contributed by atoms with Crippen molar-refractivity contribution in [1.82, 2.24) is 10.1 Å². The molecule has 0 aliphatic heterocycles. The van der Waals surface area contributed by atoms with Crippen LogP contribution in [-0.2, 0) is 4.74 Å². The Hall–Kier alpha value is -1.72. The lowest BCUT2D eigenvalue weighted by molar-refractivity contribution is 0.126. The molecular formula is C12H14N2O3. The number of aliphatic hydroxyl groups is 1. The van der Waals surface area contributed by atoms with Gasteiger partial charge in [0.2, 0.25) is 5.82 Å². The van der Waals surface area contributed by atoms with Crippen LogP contribution in [0, 0.1) is 0 Å². The minimum absolute atomic E-state index is 0.193. The highest BCUT2D eigenvalue weighted by atomic mass is 16.5. The van der Waals surface area contributed by atoms with E-state index in [4.69, 9.17) is 9.26 Å². The van der Waals surface area contributed by atoms with Crippen molar-refractivity contribution in [2.45, 2.75) is 19.1 Å². The van der Waals surface area contributed by atoms with Gasteiger partial charge in [-0.25, -0.2) is 0 Å². The molecule has 2 aromatic rings. The van der Waals surface area contributed by atoms with E-state index in [1.165, 1.54) is 0 Å². The van der Waals surface area contributed by atoms with Crippen LogP contribution in [0.3, 0.4) is 0 Å². The van der Waals surface area contributed by atoms with Crippen molar-refractivity contribution < 1.29 is 14.4 Å². The summed E-state index contributed by atoms with van der Waals surface area (Å²) in [4.78, 5) is 4.10. The van der Waals surface area contributed by atoms with E-state index in [1.807, 2.05) is 30.3 Å². The lowest BCUT2D eigenvalue weighted by Crippen LogP contribution is -2.05. The Morgan fingerprint density at radius 2 is 2.00 bits per heavy atom. The zero-order valence-electron chi connectivity index (χ0n) is 9.70. The maximum Gasteiger partial charge on any atom is 0.255 e. The summed E-state index contributed by atoms with van der Waals surface area (Å²) in [7, 11) is 1.58. The van der Waals surface area contributed by atoms with Crippen LogP contribution in [0.4, 0.5) is 0 Å². The van der Waals surface area contributed by atoms with Gasteiger partial charge in [-0.15, -0.1) is 0 Å². The molecule has 1 aromatic heterocycles. The third kappa shape index (κ3) is 2.51. The minimum Gasteiger partial charge on any atom is -0.384 e. The quantitative estimate of drug-likeness (QED) is 0.874. The molecule has 17 heavy (non-hydrogen) atoms. The van der Waals surface area contributed by atoms with Crippen LogP contribution in [0.2, 0.25) is 0 Å². The smallest absolute Gasteiger partial charge is 0.255 e. The van der Waals surface area contributed by atoms with Crippen LogP contribution < -0.4 is 0 Å². The van der Waals surface area contributed by atoms with Gasteiger partial charge in [0, 0.05) is 7.11 Å². The molecule has 2 atom stereocenters. The monoisotopic (exact) mass is 234 g/mol. The Bertz CT molecular complexity index is 468. The lowest BCUT2D eigenvalue weighted by Gasteiger charge is -2.10. The Labute approximate surface area is 99.0 Å². The van der Waals surface area contributed by atoms with Gasteiger partial charge in [0.25, 0.3) is 5.89 Å². The number of rotatable bonds is 4. The average molecular weight is 234 g/mol. The van der Waals surface area contributed by atoms with Gasteiger partial charge in [-0.1, -0.05) is 35.5 Å². The van der Waals surface area contributed by atoms with E-state index in [-0.39, 0.29) is 12.0 Å². The number of hydrogen-bond acceptors (Lipinski definition) is 5. The van der Waals surface area contributed by atoms with E-state index in [0.717, 1.165) is 5.56 Å². The molecule has 0 saturated heterocycles. The minimum atomic E-state index is -0.774. The van der Waals surface area contributed by atoms with E-state index in [2.05, 4.69) is 10.1 Å². The molecule has 5 nitrogen and oxygen atoms in total. The molecule has 5 heteroatoms. The van der Waals surface area contributed by atoms with Crippen molar-refractivity contribution in [3.8, 4) is 0 Å². The van der Waals surface area contributed by atoms with E-state index in [1.54, 1.807) is 14.0 Å². The van der Waals surface area contributed by atoms with Gasteiger partial charge in [0.15, 0.2) is 0 Å². The van der Waals surface area contributed by atoms with Crippen molar-refractivity contribution in [2.75, 3.05) is 7.11 Å². The molecule has 0 aliphatic rings. The second kappa shape index (κ2) is 5.07. The zero-order chi connectivity index (χ0) is 12.3. The Balaban J connectivity index is 2.29. The number of aromatic nitrogens is 2. The molecular weight excluding hydrogens is 220 g/mol. The Morgan fingerprint density at radius 1 is 1.29 bits per heavy atom. The van der Waals surface area contributed by atoms with Crippen molar-refractivity contribution >= 4 is 0 Å². The summed E-state index contributed by atoms with van der Waals surface area (Å²) in [6.07, 6.45) is -1.16. The highest BCUT2D eigenvalue weighted by Crippen LogP contribution is 2.23. The predicted octanol–water partition coefficient (Wildman–Crippen LogP) is 1.86. The molecule has 0 saturated carbocycles. The van der Waals surface area contributed by atoms with Crippen molar-refractivity contribution in [3.63, 3.8) is 0 Å². The molecule has 1 N–H and O–H groups in total. The molecule has 0 spiro atoms. The van der Waals surface area contributed by atoms with Crippen molar-refractivity contribution in [1.29, 1.82) is 0 Å². The third-order valence-electron chi connectivity index (χ3n) is 2.39. The molecule has 0 amide bonds. The van der Waals surface area contributed by atoms with Gasteiger partial charge in [0.1, 0.15) is 12.2 Å². The van der Waals surface area contributed by atoms with Gasteiger partial charge >= 0.3 is 0 Å². The number of hydrogen-bond donors (Lipinski definition) is 1. The van der Waals surface area contributed by atoms with Crippen LogP contribution in [0.1, 0.15) is 36.4 Å². The highest BCUT2D eigenvalue weighted by molar-refractivity contribution is 5.22. The molecule has 90 valence electrons. The summed E-state index contributed by atoms with van der Waals surface area (Å²) in [5.41, 5.74) is 0.938. The molecule has 2 rings (SSSR count). The highest BCUT2D eigenvalue weighted by Gasteiger charge is 2.21. The SMILES string of the molecule is COC(c1ccccc1)c1noc(C(C)O)n1. The number of ether oxygens (including phenoxy) is 1. The van der Waals surface area contributed by atoms with Gasteiger partial charge in [-0.05, 0) is 12.5 Å². The fraction of sp³-hybridized carbons (Fsp3) is 0.333. The topological polar surface area (TPSA) is 68.4 Å². The van der Waals surface area contributed by atoms with Gasteiger partial charge in [-0.2, -0.15) is 4.98 Å². The number of benzene rings is 1. The van der Waals surface area contributed by atoms with Crippen LogP contribution in [0.25, 0.3) is 0 Å². The van der Waals surface area contributed by atoms with Crippen LogP contribution >= 0.6 is 0 Å². The second-order valence-corrected chi connectivity index (χ2v) is 3.69. The molecule has 0 bridgehead atoms. The fourth-order valence-corrected chi connectivity index (χ4v) is 1.54. The molecule has 2 unspecified atom stereocenters. The van der Waals surface area contributed by atoms with Gasteiger partial charge in [-0.3, -0.25) is 0 Å². The lowest BCUT2D eigenvalue weighted by atomic mass is 10.1. The second-order valence-electron chi connectivity index (χ2n) is 3.69. The molecule has 0 fully saturated rings. The van der Waals surface area contributed by atoms with Gasteiger partial charge < -0.3 is 14.4 Å². The zero-order valence-corrected chi connectivity index (χ0v) is 9.70. The molecule has 1 aromatic carbocycles. The first-order chi connectivity index (χ1) is 8.22. The van der Waals surface area contributed by atoms with Gasteiger partial charge in [0.05, 0.1) is 0 Å². The van der Waals surface area contributed by atoms with E-state index in [9.17, 15) is 5.11 Å². The van der Waals surface area contributed by atoms with E-state index >= 15 is 0 Å². The van der Waals surface area contributed by atoms with E-state index in [0.29, 0.717) is 5.82 Å². The van der Waals surface area contributed by atoms with Crippen LogP contribution in [-0.4, -0.2) is 22.4 Å². The number of methoxy groups -OCH3 is 1. The van der Waals surface area contributed by atoms with E-state index < -0.39 is 6.10 Å². The molecule has 0 radical (unpaired) electrons. The largest absolute Gasteiger partial charge is 0.384 e. The summed E-state index contributed by atoms with van der Waals surface area (Å²) in [5.74, 6) is 0.604. The maximum absolute atomic E-state index is 9.33. The number of nitrogens with zero attached hydrogens (tertiary/aromatic N) is 2. The first kappa shape index (κ1) is 11.8. The fourth-order valence-electron chi connectivity index (χ4n) is 1.54. The van der Waals surface area contributed by atoms with Crippen LogP contribution in [0.5, 0.6) is 0 Å². The van der Waals surface area contributed by atoms with Crippen LogP contribution in [0.15, 0.2) is 34.9 Å². The normalized spacial score (nSPS) is 14.5. The Morgan fingerprint density at radius 3 is 2.53 bits per heavy atom. The number of aliphatic hydroxyl groups excluding tert-OH is 1. The summed E-state index contributed by atoms with van der Waals surface area (Å²) in [6, 6.07) is 9.60. The summed E-state index contributed by atoms with van der Waals surface area (Å²) >= 11 is 0. The molecule has 1 heterocycles. The summed E-state index contributed by atoms with van der Waals surface area (Å²) in [6.45, 7) is 1.57. The maximum atomic E-state index is 9.33. The van der Waals surface area contributed by atoms with Crippen molar-refractivity contribution in [2.24, 2.45) is 0 Å². The summed E-state index contributed by atoms with van der Waals surface area (Å²) in [5, 5.41) is 13.1. The first-order valence-electron chi connectivity index (χ1n) is 5.31. The van der Waals surface area contributed by atoms with Crippen molar-refractivity contribution in [3.05, 3.63) is 47.6 Å². The summed E-state index contributed by atoms with van der Waals surface area (Å²) < 4.78 is 10.3. The first-order valence-corrected chi connectivity index (χ1v) is 5.31. The average Bonchev–Trinajstić information content (AvgIpc) is 2.81. The standard InChI is InChI=1S/C12H14N2O3/c1-8(15)12-13-11(14-17-12)10(16-2)9-6-4-3-5-7-9/h3-8,10,15H,1-2H3.